The molecular weight excluding hydrogens is 421 g/mol. The fraction of sp³-hybridized carbons (Fsp3) is 0.680. The molecule has 2 bridgehead atoms. The third-order valence-corrected chi connectivity index (χ3v) is 7.97. The van der Waals surface area contributed by atoms with Crippen molar-refractivity contribution in [2.24, 2.45) is 5.92 Å². The molecule has 0 radical (unpaired) electrons. The van der Waals surface area contributed by atoms with Crippen molar-refractivity contribution in [1.82, 2.24) is 15.5 Å². The molecule has 7 nitrogen and oxygen atoms in total. The molecule has 0 aromatic heterocycles. The van der Waals surface area contributed by atoms with Crippen molar-refractivity contribution < 1.29 is 13.9 Å². The van der Waals surface area contributed by atoms with Gasteiger partial charge in [0.1, 0.15) is 11.9 Å². The number of fused-ring (bicyclic) bond motifs is 2. The summed E-state index contributed by atoms with van der Waals surface area (Å²) in [4.78, 5) is 17.4. The fourth-order valence-corrected chi connectivity index (χ4v) is 6.09. The first kappa shape index (κ1) is 22.6. The number of nitrogens with zero attached hydrogens (tertiary/aromatic N) is 3. The number of morpholine rings is 1. The largest absolute Gasteiger partial charge is 0.379 e. The van der Waals surface area contributed by atoms with Crippen molar-refractivity contribution in [2.75, 3.05) is 44.3 Å². The fourth-order valence-electron chi connectivity index (χ4n) is 6.09. The van der Waals surface area contributed by atoms with E-state index in [4.69, 9.17) is 4.74 Å². The number of rotatable bonds is 6. The van der Waals surface area contributed by atoms with Gasteiger partial charge in [0, 0.05) is 50.4 Å². The molecule has 178 valence electrons. The highest BCUT2D eigenvalue weighted by atomic mass is 19.1. The van der Waals surface area contributed by atoms with E-state index in [-0.39, 0.29) is 24.2 Å². The van der Waals surface area contributed by atoms with E-state index in [0.29, 0.717) is 23.6 Å². The van der Waals surface area contributed by atoms with Crippen LogP contribution >= 0.6 is 0 Å². The van der Waals surface area contributed by atoms with Crippen LogP contribution in [0.15, 0.2) is 18.2 Å². The third kappa shape index (κ3) is 5.01. The lowest BCUT2D eigenvalue weighted by molar-refractivity contribution is -0.124. The second-order valence-electron chi connectivity index (χ2n) is 9.95. The van der Waals surface area contributed by atoms with Gasteiger partial charge >= 0.3 is 0 Å². The van der Waals surface area contributed by atoms with Gasteiger partial charge in [-0.2, -0.15) is 5.26 Å². The van der Waals surface area contributed by atoms with E-state index < -0.39 is 6.04 Å². The number of anilines is 1. The van der Waals surface area contributed by atoms with Crippen LogP contribution < -0.4 is 15.5 Å². The Morgan fingerprint density at radius 2 is 2.00 bits per heavy atom. The van der Waals surface area contributed by atoms with Crippen LogP contribution in [0.2, 0.25) is 0 Å². The Labute approximate surface area is 195 Å². The molecule has 1 aliphatic carbocycles. The lowest BCUT2D eigenvalue weighted by atomic mass is 9.98. The molecule has 4 unspecified atom stereocenters. The smallest absolute Gasteiger partial charge is 0.238 e. The average molecular weight is 456 g/mol. The Kier molecular flexibility index (Phi) is 6.81. The molecule has 4 aliphatic rings. The summed E-state index contributed by atoms with van der Waals surface area (Å²) in [5.74, 6) is -0.0815. The number of hydrogen-bond acceptors (Lipinski definition) is 6. The first-order valence-electron chi connectivity index (χ1n) is 12.4. The zero-order valence-corrected chi connectivity index (χ0v) is 19.1. The SMILES string of the molecule is N#CC(Cc1ccc(N2CCC(N3CCOCC3)CC2)cc1F)NC(=O)C1NC2CCC1C2. The van der Waals surface area contributed by atoms with E-state index in [1.165, 1.54) is 0 Å². The molecular formula is C25H34FN5O2. The summed E-state index contributed by atoms with van der Waals surface area (Å²) in [6.07, 6.45) is 5.54. The van der Waals surface area contributed by atoms with Crippen molar-refractivity contribution in [3.63, 3.8) is 0 Å². The Morgan fingerprint density at radius 3 is 2.64 bits per heavy atom. The normalized spacial score (nSPS) is 29.1. The number of nitriles is 1. The van der Waals surface area contributed by atoms with Crippen molar-refractivity contribution in [3.8, 4) is 6.07 Å². The second-order valence-corrected chi connectivity index (χ2v) is 9.95. The van der Waals surface area contributed by atoms with Gasteiger partial charge in [-0.05, 0) is 55.7 Å². The van der Waals surface area contributed by atoms with E-state index >= 15 is 0 Å². The molecule has 0 spiro atoms. The first-order valence-corrected chi connectivity index (χ1v) is 12.4. The van der Waals surface area contributed by atoms with Gasteiger partial charge in [0.15, 0.2) is 0 Å². The second kappa shape index (κ2) is 9.96. The summed E-state index contributed by atoms with van der Waals surface area (Å²) in [7, 11) is 0. The zero-order valence-electron chi connectivity index (χ0n) is 19.1. The summed E-state index contributed by atoms with van der Waals surface area (Å²) in [5.41, 5.74) is 1.36. The highest BCUT2D eigenvalue weighted by Crippen LogP contribution is 2.35. The molecule has 5 rings (SSSR count). The Morgan fingerprint density at radius 1 is 1.21 bits per heavy atom. The number of carbonyl (C=O) groups excluding carboxylic acids is 1. The number of halogens is 1. The average Bonchev–Trinajstić information content (AvgIpc) is 3.49. The molecule has 1 amide bonds. The maximum atomic E-state index is 14.9. The van der Waals surface area contributed by atoms with E-state index in [0.717, 1.165) is 77.2 Å². The van der Waals surface area contributed by atoms with E-state index in [9.17, 15) is 14.4 Å². The quantitative estimate of drug-likeness (QED) is 0.681. The Hall–Kier alpha value is -2.21. The van der Waals surface area contributed by atoms with Gasteiger partial charge in [0.2, 0.25) is 5.91 Å². The van der Waals surface area contributed by atoms with E-state index in [1.807, 2.05) is 6.07 Å². The molecule has 2 N–H and O–H groups in total. The topological polar surface area (TPSA) is 80.6 Å². The number of nitrogens with one attached hydrogen (secondary N) is 2. The van der Waals surface area contributed by atoms with Crippen molar-refractivity contribution in [2.45, 2.75) is 62.7 Å². The minimum atomic E-state index is -0.733. The first-order chi connectivity index (χ1) is 16.1. The van der Waals surface area contributed by atoms with Crippen LogP contribution in [0.1, 0.15) is 37.7 Å². The van der Waals surface area contributed by atoms with Crippen LogP contribution in [0.25, 0.3) is 0 Å². The maximum absolute atomic E-state index is 14.9. The number of hydrogen-bond donors (Lipinski definition) is 2. The molecule has 3 heterocycles. The van der Waals surface area contributed by atoms with Crippen LogP contribution in [-0.4, -0.2) is 74.4 Å². The van der Waals surface area contributed by atoms with Crippen LogP contribution in [0, 0.1) is 23.1 Å². The number of amides is 1. The van der Waals surface area contributed by atoms with Crippen molar-refractivity contribution >= 4 is 11.6 Å². The molecule has 4 fully saturated rings. The molecule has 8 heteroatoms. The highest BCUT2D eigenvalue weighted by Gasteiger charge is 2.43. The summed E-state index contributed by atoms with van der Waals surface area (Å²) in [6.45, 7) is 5.46. The van der Waals surface area contributed by atoms with Crippen LogP contribution in [0.3, 0.4) is 0 Å². The molecule has 33 heavy (non-hydrogen) atoms. The van der Waals surface area contributed by atoms with Gasteiger partial charge in [-0.25, -0.2) is 4.39 Å². The maximum Gasteiger partial charge on any atom is 0.238 e. The third-order valence-electron chi connectivity index (χ3n) is 7.97. The van der Waals surface area contributed by atoms with Crippen LogP contribution in [-0.2, 0) is 16.0 Å². The molecule has 4 atom stereocenters. The van der Waals surface area contributed by atoms with E-state index in [2.05, 4.69) is 26.5 Å². The van der Waals surface area contributed by atoms with Crippen molar-refractivity contribution in [3.05, 3.63) is 29.6 Å². The predicted octanol–water partition coefficient (Wildman–Crippen LogP) is 1.82. The lowest BCUT2D eigenvalue weighted by Crippen LogP contribution is -2.50. The molecule has 3 saturated heterocycles. The summed E-state index contributed by atoms with van der Waals surface area (Å²) < 4.78 is 20.4. The number of piperidine rings is 2. The summed E-state index contributed by atoms with van der Waals surface area (Å²) in [6, 6.07) is 7.50. The predicted molar refractivity (Wildman–Crippen MR) is 123 cm³/mol. The summed E-state index contributed by atoms with van der Waals surface area (Å²) in [5, 5.41) is 15.7. The van der Waals surface area contributed by atoms with Crippen LogP contribution in [0.4, 0.5) is 10.1 Å². The number of carbonyl (C=O) groups is 1. The molecule has 1 aromatic rings. The number of ether oxygens (including phenoxy) is 1. The van der Waals surface area contributed by atoms with E-state index in [1.54, 1.807) is 12.1 Å². The molecule has 3 aliphatic heterocycles. The minimum absolute atomic E-state index is 0.131. The van der Waals surface area contributed by atoms with Gasteiger partial charge in [-0.1, -0.05) is 6.07 Å². The van der Waals surface area contributed by atoms with Crippen LogP contribution in [0.5, 0.6) is 0 Å². The minimum Gasteiger partial charge on any atom is -0.379 e. The van der Waals surface area contributed by atoms with Gasteiger partial charge in [-0.15, -0.1) is 0 Å². The molecule has 1 aromatic carbocycles. The monoisotopic (exact) mass is 455 g/mol. The Balaban J connectivity index is 1.15. The standard InChI is InChI=1S/C25H34FN5O2/c26-23-15-22(30-7-5-21(6-8-30)31-9-11-33-12-10-31)4-2-17(23)13-20(16-27)29-25(32)24-18-1-3-19(14-18)28-24/h2,4,15,18-21,24,28H,1,3,5-14H2,(H,29,32). The summed E-state index contributed by atoms with van der Waals surface area (Å²) >= 11 is 0. The van der Waals surface area contributed by atoms with Gasteiger partial charge in [0.05, 0.1) is 25.3 Å². The lowest BCUT2D eigenvalue weighted by Gasteiger charge is -2.40. The van der Waals surface area contributed by atoms with Gasteiger partial charge in [0.25, 0.3) is 0 Å². The highest BCUT2D eigenvalue weighted by molar-refractivity contribution is 5.83. The van der Waals surface area contributed by atoms with Gasteiger partial charge in [-0.3, -0.25) is 9.69 Å². The zero-order chi connectivity index (χ0) is 22.8. The van der Waals surface area contributed by atoms with Crippen molar-refractivity contribution in [1.29, 1.82) is 5.26 Å². The molecule has 1 saturated carbocycles. The van der Waals surface area contributed by atoms with Gasteiger partial charge < -0.3 is 20.3 Å². The number of benzene rings is 1. The Bertz CT molecular complexity index is 891.